The van der Waals surface area contributed by atoms with Crippen LogP contribution >= 0.6 is 0 Å². The molecule has 0 spiro atoms. The van der Waals surface area contributed by atoms with Crippen LogP contribution in [-0.2, 0) is 4.79 Å². The molecule has 0 fully saturated rings. The molecule has 0 heterocycles. The van der Waals surface area contributed by atoms with Crippen molar-refractivity contribution in [2.75, 3.05) is 13.2 Å². The predicted octanol–water partition coefficient (Wildman–Crippen LogP) is 1.93. The molecule has 0 amide bonds. The van der Waals surface area contributed by atoms with E-state index in [1.54, 1.807) is 0 Å². The van der Waals surface area contributed by atoms with E-state index in [0.717, 1.165) is 19.3 Å². The summed E-state index contributed by atoms with van der Waals surface area (Å²) in [6.45, 7) is 1.50. The van der Waals surface area contributed by atoms with Gasteiger partial charge in [-0.15, -0.1) is 0 Å². The first-order valence-corrected chi connectivity index (χ1v) is 11.0. The maximum atomic E-state index is 10.5. The summed E-state index contributed by atoms with van der Waals surface area (Å²) in [5, 5.41) is 60.3. The van der Waals surface area contributed by atoms with Gasteiger partial charge < -0.3 is 35.7 Å². The highest BCUT2D eigenvalue weighted by Gasteiger charge is 2.41. The van der Waals surface area contributed by atoms with Crippen LogP contribution in [0.2, 0.25) is 0 Å². The zero-order valence-corrected chi connectivity index (χ0v) is 18.0. The molecule has 0 rings (SSSR count). The van der Waals surface area contributed by atoms with Crippen LogP contribution in [0.3, 0.4) is 0 Å². The minimum atomic E-state index is -3.03. The molecule has 0 radical (unpaired) electrons. The molecule has 0 aromatic carbocycles. The third-order valence-electron chi connectivity index (χ3n) is 4.78. The van der Waals surface area contributed by atoms with E-state index in [4.69, 9.17) is 30.6 Å². The van der Waals surface area contributed by atoms with Crippen molar-refractivity contribution in [2.45, 2.75) is 115 Å². The average Bonchev–Trinajstić information content (AvgIpc) is 2.70. The largest absolute Gasteiger partial charge is 0.477 e. The molecule has 0 aromatic heterocycles. The lowest BCUT2D eigenvalue weighted by molar-refractivity contribution is -0.237. The monoisotopic (exact) mass is 424 g/mol. The molecule has 7 N–H and O–H groups in total. The zero-order valence-electron chi connectivity index (χ0n) is 18.0. The molecule has 0 aliphatic heterocycles. The highest BCUT2D eigenvalue weighted by Crippen LogP contribution is 2.16. The number of carboxylic acid groups (broad SMARTS) is 1. The second-order valence-corrected chi connectivity index (χ2v) is 7.60. The average molecular weight is 425 g/mol. The molecule has 1 atom stereocenters. The standard InChI is InChI=1S/C18H36O5.C3H8O3/c1-2-3-4-5-6-7-8-9-10-11-12-13-14-15-16(19)18(22,23)17(20)21;4-1-3(6)2-5/h16,19,22-23H,2-15H2,1H3,(H,20,21);3-6H,1-2H2. The van der Waals surface area contributed by atoms with E-state index in [-0.39, 0.29) is 19.6 Å². The summed E-state index contributed by atoms with van der Waals surface area (Å²) < 4.78 is 0. The molecule has 0 bridgehead atoms. The molecule has 0 saturated carbocycles. The summed E-state index contributed by atoms with van der Waals surface area (Å²) in [6, 6.07) is 0. The Bertz CT molecular complexity index is 359. The normalized spacial score (nSPS) is 12.6. The van der Waals surface area contributed by atoms with Gasteiger partial charge >= 0.3 is 5.97 Å². The van der Waals surface area contributed by atoms with Gasteiger partial charge in [0, 0.05) is 0 Å². The number of carbonyl (C=O) groups is 1. The Morgan fingerprint density at radius 2 is 1.07 bits per heavy atom. The second-order valence-electron chi connectivity index (χ2n) is 7.60. The molecule has 29 heavy (non-hydrogen) atoms. The fraction of sp³-hybridized carbons (Fsp3) is 0.952. The lowest BCUT2D eigenvalue weighted by Gasteiger charge is -2.22. The van der Waals surface area contributed by atoms with Crippen molar-refractivity contribution in [1.29, 1.82) is 0 Å². The topological polar surface area (TPSA) is 159 Å². The van der Waals surface area contributed by atoms with Gasteiger partial charge in [0.15, 0.2) is 0 Å². The van der Waals surface area contributed by atoms with Crippen LogP contribution in [0.1, 0.15) is 96.8 Å². The first-order valence-electron chi connectivity index (χ1n) is 11.0. The maximum Gasteiger partial charge on any atom is 0.366 e. The van der Waals surface area contributed by atoms with E-state index in [0.29, 0.717) is 6.42 Å². The highest BCUT2D eigenvalue weighted by molar-refractivity contribution is 5.75. The fourth-order valence-corrected chi connectivity index (χ4v) is 2.76. The molecule has 0 aliphatic carbocycles. The predicted molar refractivity (Wildman–Crippen MR) is 111 cm³/mol. The lowest BCUT2D eigenvalue weighted by atomic mass is 10.0. The number of aliphatic carboxylic acids is 1. The van der Waals surface area contributed by atoms with Crippen molar-refractivity contribution in [1.82, 2.24) is 0 Å². The molecular weight excluding hydrogens is 380 g/mol. The van der Waals surface area contributed by atoms with Gasteiger partial charge in [-0.3, -0.25) is 0 Å². The van der Waals surface area contributed by atoms with Crippen molar-refractivity contribution < 1.29 is 40.5 Å². The van der Waals surface area contributed by atoms with Gasteiger partial charge in [-0.2, -0.15) is 0 Å². The Hall–Kier alpha value is -0.770. The molecular formula is C21H44O8. The summed E-state index contributed by atoms with van der Waals surface area (Å²) in [7, 11) is 0. The van der Waals surface area contributed by atoms with Crippen LogP contribution in [0.5, 0.6) is 0 Å². The van der Waals surface area contributed by atoms with Gasteiger partial charge in [0.2, 0.25) is 0 Å². The molecule has 176 valence electrons. The Labute approximate surface area is 175 Å². The van der Waals surface area contributed by atoms with Crippen LogP contribution in [0, 0.1) is 0 Å². The Morgan fingerprint density at radius 3 is 1.34 bits per heavy atom. The minimum Gasteiger partial charge on any atom is -0.477 e. The summed E-state index contributed by atoms with van der Waals surface area (Å²) in [6.07, 6.45) is 13.0. The van der Waals surface area contributed by atoms with E-state index >= 15 is 0 Å². The summed E-state index contributed by atoms with van der Waals surface area (Å²) >= 11 is 0. The van der Waals surface area contributed by atoms with Crippen molar-refractivity contribution in [3.05, 3.63) is 0 Å². The Kier molecular flexibility index (Phi) is 21.5. The number of carboxylic acids is 1. The number of hydrogen-bond acceptors (Lipinski definition) is 7. The van der Waals surface area contributed by atoms with Gasteiger partial charge in [-0.1, -0.05) is 90.4 Å². The van der Waals surface area contributed by atoms with Gasteiger partial charge in [0.05, 0.1) is 13.2 Å². The van der Waals surface area contributed by atoms with Gasteiger partial charge in [-0.25, -0.2) is 4.79 Å². The molecule has 1 unspecified atom stereocenters. The molecule has 0 aliphatic rings. The summed E-state index contributed by atoms with van der Waals surface area (Å²) in [4.78, 5) is 10.5. The Balaban J connectivity index is 0. The zero-order chi connectivity index (χ0) is 22.5. The van der Waals surface area contributed by atoms with E-state index < -0.39 is 24.0 Å². The minimum absolute atomic E-state index is 0.0943. The molecule has 8 nitrogen and oxygen atoms in total. The first-order chi connectivity index (χ1) is 13.7. The van der Waals surface area contributed by atoms with Crippen molar-refractivity contribution in [3.8, 4) is 0 Å². The second kappa shape index (κ2) is 20.5. The van der Waals surface area contributed by atoms with E-state index in [1.807, 2.05) is 0 Å². The molecule has 0 saturated heterocycles. The van der Waals surface area contributed by atoms with Gasteiger partial charge in [0.25, 0.3) is 5.79 Å². The lowest BCUT2D eigenvalue weighted by Crippen LogP contribution is -2.49. The molecule has 0 aromatic rings. The van der Waals surface area contributed by atoms with Crippen LogP contribution < -0.4 is 0 Å². The van der Waals surface area contributed by atoms with E-state index in [1.165, 1.54) is 57.8 Å². The van der Waals surface area contributed by atoms with Crippen LogP contribution in [0.15, 0.2) is 0 Å². The third kappa shape index (κ3) is 19.0. The van der Waals surface area contributed by atoms with Crippen molar-refractivity contribution >= 4 is 5.97 Å². The number of unbranched alkanes of at least 4 members (excludes halogenated alkanes) is 12. The van der Waals surface area contributed by atoms with Crippen molar-refractivity contribution in [3.63, 3.8) is 0 Å². The number of rotatable bonds is 18. The first kappa shape index (κ1) is 30.4. The smallest absolute Gasteiger partial charge is 0.366 e. The Morgan fingerprint density at radius 1 is 0.724 bits per heavy atom. The quantitative estimate of drug-likeness (QED) is 0.130. The third-order valence-corrected chi connectivity index (χ3v) is 4.78. The number of aliphatic hydroxyl groups is 6. The maximum absolute atomic E-state index is 10.5. The van der Waals surface area contributed by atoms with Gasteiger partial charge in [-0.05, 0) is 6.42 Å². The highest BCUT2D eigenvalue weighted by atomic mass is 16.6. The molecule has 8 heteroatoms. The number of hydrogen-bond donors (Lipinski definition) is 7. The van der Waals surface area contributed by atoms with E-state index in [9.17, 15) is 9.90 Å². The SMILES string of the molecule is CCCCCCCCCCCCCCCC(O)C(O)(O)C(=O)O.OCC(O)CO. The summed E-state index contributed by atoms with van der Waals surface area (Å²) in [5.74, 6) is -4.84. The van der Waals surface area contributed by atoms with Crippen LogP contribution in [0.25, 0.3) is 0 Å². The van der Waals surface area contributed by atoms with E-state index in [2.05, 4.69) is 6.92 Å². The summed E-state index contributed by atoms with van der Waals surface area (Å²) in [5.41, 5.74) is 0. The van der Waals surface area contributed by atoms with Crippen LogP contribution in [-0.4, -0.2) is 72.9 Å². The van der Waals surface area contributed by atoms with Gasteiger partial charge in [0.1, 0.15) is 12.2 Å². The van der Waals surface area contributed by atoms with Crippen LogP contribution in [0.4, 0.5) is 0 Å². The number of aliphatic hydroxyl groups excluding tert-OH is 4. The van der Waals surface area contributed by atoms with Crippen molar-refractivity contribution in [2.24, 2.45) is 0 Å². The fourth-order valence-electron chi connectivity index (χ4n) is 2.76.